The van der Waals surface area contributed by atoms with Crippen molar-refractivity contribution in [1.29, 1.82) is 0 Å². The molecule has 1 saturated heterocycles. The highest BCUT2D eigenvalue weighted by atomic mass is 31.3. The number of nitrogens with one attached hydrogen (secondary N) is 2. The van der Waals surface area contributed by atoms with Crippen molar-refractivity contribution in [2.24, 2.45) is 5.92 Å². The molecule has 0 amide bonds. The molecule has 18 nitrogen and oxygen atoms in total. The predicted molar refractivity (Wildman–Crippen MR) is 171 cm³/mol. The van der Waals surface area contributed by atoms with Crippen LogP contribution in [0.25, 0.3) is 11.2 Å². The highest BCUT2D eigenvalue weighted by Gasteiger charge is 2.46. The van der Waals surface area contributed by atoms with Crippen LogP contribution >= 0.6 is 15.6 Å². The molecule has 2 aromatic heterocycles. The Labute approximate surface area is 277 Å². The molecule has 0 bridgehead atoms. The summed E-state index contributed by atoms with van der Waals surface area (Å²) in [5, 5.41) is 23.6. The second kappa shape index (κ2) is 17.9. The number of aliphatic hydroxyl groups excluding tert-OH is 2. The van der Waals surface area contributed by atoms with Gasteiger partial charge in [0.15, 0.2) is 23.2 Å². The van der Waals surface area contributed by atoms with E-state index in [-0.39, 0.29) is 54.7 Å². The first-order chi connectivity index (χ1) is 22.6. The van der Waals surface area contributed by atoms with Gasteiger partial charge in [-0.2, -0.15) is 4.31 Å². The molecule has 0 spiro atoms. The molecule has 1 aliphatic heterocycles. The van der Waals surface area contributed by atoms with Gasteiger partial charge in [0, 0.05) is 6.42 Å². The Morgan fingerprint density at radius 2 is 1.90 bits per heavy atom. The van der Waals surface area contributed by atoms with Crippen LogP contribution in [-0.4, -0.2) is 90.6 Å². The van der Waals surface area contributed by atoms with Gasteiger partial charge >= 0.3 is 21.5 Å². The summed E-state index contributed by atoms with van der Waals surface area (Å²) in [5.41, 5.74) is -0.520. The first-order valence-corrected chi connectivity index (χ1v) is 18.6. The molecular formula is C28H45N5O13P2. The van der Waals surface area contributed by atoms with Gasteiger partial charge in [-0.05, 0) is 45.1 Å². The van der Waals surface area contributed by atoms with Crippen LogP contribution in [0.1, 0.15) is 71.3 Å². The molecular weight excluding hydrogens is 676 g/mol. The second-order valence-corrected chi connectivity index (χ2v) is 14.8. The van der Waals surface area contributed by atoms with Gasteiger partial charge in [-0.25, -0.2) is 24.2 Å². The highest BCUT2D eigenvalue weighted by Crippen LogP contribution is 2.61. The number of fused-ring (bicyclic) bond motifs is 1. The summed E-state index contributed by atoms with van der Waals surface area (Å²) < 4.78 is 54.1. The van der Waals surface area contributed by atoms with Gasteiger partial charge in [0.05, 0.1) is 26.1 Å². The van der Waals surface area contributed by atoms with Crippen molar-refractivity contribution in [3.8, 4) is 0 Å². The molecule has 3 rings (SSSR count). The Morgan fingerprint density at radius 1 is 1.21 bits per heavy atom. The van der Waals surface area contributed by atoms with Crippen LogP contribution in [0.15, 0.2) is 23.8 Å². The van der Waals surface area contributed by atoms with Crippen LogP contribution in [-0.2, 0) is 41.6 Å². The molecule has 7 atom stereocenters. The van der Waals surface area contributed by atoms with Gasteiger partial charge in [0.2, 0.25) is 0 Å². The molecule has 0 radical (unpaired) electrons. The molecule has 5 N–H and O–H groups in total. The molecule has 3 heterocycles. The molecule has 0 saturated carbocycles. The molecule has 2 aromatic rings. The van der Waals surface area contributed by atoms with Crippen molar-refractivity contribution >= 4 is 38.5 Å². The maximum atomic E-state index is 13.7. The van der Waals surface area contributed by atoms with Crippen molar-refractivity contribution in [2.75, 3.05) is 19.8 Å². The van der Waals surface area contributed by atoms with Crippen LogP contribution < -0.4 is 10.6 Å². The number of allylic oxidation sites excluding steroid dienone is 1. The maximum absolute atomic E-state index is 13.7. The van der Waals surface area contributed by atoms with E-state index < -0.39 is 64.3 Å². The number of nitrogens with zero attached hydrogens (tertiary/aromatic N) is 3. The summed E-state index contributed by atoms with van der Waals surface area (Å²) in [6.45, 7) is 9.13. The molecule has 270 valence electrons. The SMILES string of the molecule is C=CC(=O)CCCOP(=O)(N[C@@H](C)C(=O)OCC(CCC)CCC)OP(=O)(O)OC[C@H]1O[C@@H](n2cnc3c(=O)[nH]c(C)nc32)[C@H](O)[C@@H]1O. The summed E-state index contributed by atoms with van der Waals surface area (Å²) in [6, 6.07) is -1.32. The number of imidazole rings is 1. The average molecular weight is 722 g/mol. The minimum absolute atomic E-state index is 0.0271. The smallest absolute Gasteiger partial charge is 0.464 e. The lowest BCUT2D eigenvalue weighted by Crippen LogP contribution is -2.35. The van der Waals surface area contributed by atoms with E-state index >= 15 is 0 Å². The number of phosphoric ester groups is 1. The van der Waals surface area contributed by atoms with Crippen molar-refractivity contribution in [2.45, 2.75) is 96.8 Å². The Morgan fingerprint density at radius 3 is 2.54 bits per heavy atom. The van der Waals surface area contributed by atoms with E-state index in [2.05, 4.69) is 26.6 Å². The monoisotopic (exact) mass is 721 g/mol. The van der Waals surface area contributed by atoms with Gasteiger partial charge in [0.1, 0.15) is 30.2 Å². The summed E-state index contributed by atoms with van der Waals surface area (Å²) in [4.78, 5) is 57.7. The lowest BCUT2D eigenvalue weighted by molar-refractivity contribution is -0.146. The van der Waals surface area contributed by atoms with E-state index in [0.717, 1.165) is 31.8 Å². The summed E-state index contributed by atoms with van der Waals surface area (Å²) >= 11 is 0. The van der Waals surface area contributed by atoms with Crippen molar-refractivity contribution in [3.05, 3.63) is 35.2 Å². The number of aryl methyl sites for hydroxylation is 1. The summed E-state index contributed by atoms with van der Waals surface area (Å²) in [7, 11) is -10.1. The molecule has 2 unspecified atom stereocenters. The van der Waals surface area contributed by atoms with Crippen LogP contribution in [0.2, 0.25) is 0 Å². The highest BCUT2D eigenvalue weighted by molar-refractivity contribution is 7.63. The standard InChI is InChI=1S/C28H45N5O13P2/c1-6-10-19(11-7-2)14-42-28(38)17(4)32-47(39,43-13-9-12-20(34)8-3)46-48(40,41)44-15-21-23(35)24(36)27(45-21)33-16-29-22-25(33)30-18(5)31-26(22)37/h8,16-17,19,21,23-24,27,35-36H,3,6-7,9-15H2,1-2,4-5H3,(H,32,39)(H,40,41)(H,30,31,37)/t17-,21+,23+,24+,27+,47?/m0/s1. The number of carbonyl (C=O) groups is 2. The Kier molecular flexibility index (Phi) is 14.8. The van der Waals surface area contributed by atoms with Crippen LogP contribution in [0, 0.1) is 12.8 Å². The molecule has 20 heteroatoms. The third-order valence-electron chi connectivity index (χ3n) is 7.39. The number of hydrogen-bond acceptors (Lipinski definition) is 14. The fourth-order valence-corrected chi connectivity index (χ4v) is 8.02. The normalized spacial score (nSPS) is 22.8. The molecule has 48 heavy (non-hydrogen) atoms. The lowest BCUT2D eigenvalue weighted by Gasteiger charge is -2.25. The number of ether oxygens (including phenoxy) is 2. The van der Waals surface area contributed by atoms with Gasteiger partial charge in [-0.3, -0.25) is 28.0 Å². The Balaban J connectivity index is 1.69. The number of hydrogen-bond donors (Lipinski definition) is 5. The number of H-pyrrole nitrogens is 1. The minimum Gasteiger partial charge on any atom is -0.464 e. The number of ketones is 1. The zero-order chi connectivity index (χ0) is 35.6. The van der Waals surface area contributed by atoms with E-state index in [4.69, 9.17) is 22.8 Å². The van der Waals surface area contributed by atoms with Crippen LogP contribution in [0.3, 0.4) is 0 Å². The van der Waals surface area contributed by atoms with Gasteiger partial charge in [-0.15, -0.1) is 0 Å². The number of aromatic amines is 1. The Hall–Kier alpha value is -2.63. The largest absolute Gasteiger partial charge is 0.480 e. The molecule has 1 fully saturated rings. The Bertz CT molecular complexity index is 1560. The average Bonchev–Trinajstić information content (AvgIpc) is 3.56. The number of aromatic nitrogens is 4. The quantitative estimate of drug-likeness (QED) is 0.0538. The third-order valence-corrected chi connectivity index (χ3v) is 10.8. The number of aliphatic hydroxyl groups is 2. The van der Waals surface area contributed by atoms with E-state index in [1.165, 1.54) is 24.7 Å². The van der Waals surface area contributed by atoms with Crippen molar-refractivity contribution in [1.82, 2.24) is 24.6 Å². The molecule has 1 aliphatic rings. The van der Waals surface area contributed by atoms with Crippen LogP contribution in [0.4, 0.5) is 0 Å². The number of phosphoric acid groups is 1. The predicted octanol–water partition coefficient (Wildman–Crippen LogP) is 2.58. The summed E-state index contributed by atoms with van der Waals surface area (Å²) in [6.07, 6.45) is -0.229. The summed E-state index contributed by atoms with van der Waals surface area (Å²) in [5.74, 6) is -0.740. The molecule has 0 aliphatic carbocycles. The fourth-order valence-electron chi connectivity index (χ4n) is 5.01. The second-order valence-electron chi connectivity index (χ2n) is 11.4. The number of carbonyl (C=O) groups excluding carboxylic acids is 2. The zero-order valence-electron chi connectivity index (χ0n) is 27.4. The van der Waals surface area contributed by atoms with E-state index in [9.17, 15) is 38.6 Å². The van der Waals surface area contributed by atoms with E-state index in [1.807, 2.05) is 13.8 Å². The first-order valence-electron chi connectivity index (χ1n) is 15.6. The zero-order valence-corrected chi connectivity index (χ0v) is 29.1. The van der Waals surface area contributed by atoms with Crippen molar-refractivity contribution in [3.63, 3.8) is 0 Å². The minimum atomic E-state index is -5.29. The number of rotatable bonds is 21. The maximum Gasteiger partial charge on any atom is 0.480 e. The topological polar surface area (TPSA) is 251 Å². The van der Waals surface area contributed by atoms with Gasteiger partial charge in [-0.1, -0.05) is 33.3 Å². The fraction of sp³-hybridized carbons (Fsp3) is 0.679. The molecule has 0 aromatic carbocycles. The van der Waals surface area contributed by atoms with Crippen molar-refractivity contribution < 1.29 is 56.7 Å². The van der Waals surface area contributed by atoms with Gasteiger partial charge in [0.25, 0.3) is 5.56 Å². The van der Waals surface area contributed by atoms with Gasteiger partial charge < -0.3 is 29.6 Å². The van der Waals surface area contributed by atoms with E-state index in [0.29, 0.717) is 0 Å². The number of esters is 1. The van der Waals surface area contributed by atoms with E-state index in [1.54, 1.807) is 0 Å². The lowest BCUT2D eigenvalue weighted by atomic mass is 9.99. The third kappa shape index (κ3) is 10.9. The first kappa shape index (κ1) is 39.8. The van der Waals surface area contributed by atoms with Crippen LogP contribution in [0.5, 0.6) is 0 Å².